The van der Waals surface area contributed by atoms with Gasteiger partial charge in [0, 0.05) is 19.6 Å². The zero-order chi connectivity index (χ0) is 30.0. The maximum absolute atomic E-state index is 12.2. The summed E-state index contributed by atoms with van der Waals surface area (Å²) in [5.41, 5.74) is 2.31. The fraction of sp³-hybridized carbons (Fsp3) is 0.324. The summed E-state index contributed by atoms with van der Waals surface area (Å²) in [4.78, 5) is 12.2. The van der Waals surface area contributed by atoms with Gasteiger partial charge in [-0.2, -0.15) is 0 Å². The normalized spacial score (nSPS) is 13.3. The second-order valence-corrected chi connectivity index (χ2v) is 16.6. The molecule has 42 heavy (non-hydrogen) atoms. The predicted molar refractivity (Wildman–Crippen MR) is 176 cm³/mol. The van der Waals surface area contributed by atoms with Crippen molar-refractivity contribution in [1.82, 2.24) is 5.32 Å². The lowest BCUT2D eigenvalue weighted by atomic mass is 9.96. The highest BCUT2D eigenvalue weighted by Gasteiger charge is 2.50. The second-order valence-electron chi connectivity index (χ2n) is 12.3. The van der Waals surface area contributed by atoms with Crippen LogP contribution >= 0.6 is 0 Å². The van der Waals surface area contributed by atoms with Gasteiger partial charge in [0.2, 0.25) is 5.91 Å². The Labute approximate surface area is 253 Å². The number of hydrogen-bond donors (Lipinski definition) is 1. The van der Waals surface area contributed by atoms with Crippen LogP contribution < -0.4 is 20.4 Å². The van der Waals surface area contributed by atoms with Crippen LogP contribution in [0.2, 0.25) is 5.04 Å². The smallest absolute Gasteiger partial charge is 0.261 e. The van der Waals surface area contributed by atoms with E-state index >= 15 is 0 Å². The number of rotatable bonds is 13. The topological polar surface area (TPSA) is 47.6 Å². The monoisotopic (exact) mass is 579 g/mol. The van der Waals surface area contributed by atoms with E-state index in [2.05, 4.69) is 118 Å². The van der Waals surface area contributed by atoms with E-state index in [0.717, 1.165) is 24.2 Å². The highest BCUT2D eigenvalue weighted by Crippen LogP contribution is 2.37. The molecule has 0 fully saturated rings. The maximum Gasteiger partial charge on any atom is 0.261 e. The van der Waals surface area contributed by atoms with Gasteiger partial charge in [-0.3, -0.25) is 4.79 Å². The minimum atomic E-state index is -2.61. The summed E-state index contributed by atoms with van der Waals surface area (Å²) < 4.78 is 13.1. The van der Waals surface area contributed by atoms with Crippen LogP contribution in [0, 0.1) is 5.92 Å². The Morgan fingerprint density at radius 1 is 0.762 bits per heavy atom. The van der Waals surface area contributed by atoms with Gasteiger partial charge >= 0.3 is 0 Å². The Morgan fingerprint density at radius 3 is 1.79 bits per heavy atom. The first-order chi connectivity index (χ1) is 20.2. The molecule has 1 amide bonds. The second kappa shape index (κ2) is 14.5. The van der Waals surface area contributed by atoms with E-state index in [9.17, 15) is 4.79 Å². The molecule has 0 saturated carbocycles. The maximum atomic E-state index is 12.2. The molecule has 1 N–H and O–H groups in total. The van der Waals surface area contributed by atoms with Crippen molar-refractivity contribution < 1.29 is 14.0 Å². The van der Waals surface area contributed by atoms with Gasteiger partial charge in [0.15, 0.2) is 0 Å². The molecular weight excluding hydrogens is 534 g/mol. The highest BCUT2D eigenvalue weighted by molar-refractivity contribution is 6.99. The molecule has 4 aromatic carbocycles. The minimum Gasteiger partial charge on any atom is -0.489 e. The third-order valence-corrected chi connectivity index (χ3v) is 12.8. The van der Waals surface area contributed by atoms with E-state index < -0.39 is 8.32 Å². The molecule has 0 heterocycles. The van der Waals surface area contributed by atoms with Gasteiger partial charge in [0.05, 0.1) is 0 Å². The van der Waals surface area contributed by atoms with E-state index in [4.69, 9.17) is 9.16 Å². The number of hydrogen-bond acceptors (Lipinski definition) is 3. The molecule has 0 unspecified atom stereocenters. The van der Waals surface area contributed by atoms with Gasteiger partial charge in [0.1, 0.15) is 12.4 Å². The molecule has 220 valence electrons. The van der Waals surface area contributed by atoms with Crippen molar-refractivity contribution in [2.45, 2.75) is 65.1 Å². The summed E-state index contributed by atoms with van der Waals surface area (Å²) in [7, 11) is -2.61. The fourth-order valence-electron chi connectivity index (χ4n) is 5.81. The number of amides is 1. The zero-order valence-corrected chi connectivity index (χ0v) is 26.7. The van der Waals surface area contributed by atoms with Gasteiger partial charge in [-0.1, -0.05) is 131 Å². The standard InChI is InChI=1S/C37H45NO3Si/c1-29(27-41-42(37(3,4)5,35-17-11-7-12-18-35)36-19-13-8-14-20-36)25-33(38-30(2)39)26-31-21-23-34(24-22-31)40-28-32-15-9-6-10-16-32/h6-24,29,33H,25-28H2,1-5H3,(H,38,39)/t29-,33+/m0/s1. The van der Waals surface area contributed by atoms with Crippen LogP contribution in [0.25, 0.3) is 0 Å². The molecule has 0 aliphatic rings. The third-order valence-electron chi connectivity index (χ3n) is 7.75. The molecule has 2 atom stereocenters. The number of ether oxygens (including phenoxy) is 1. The van der Waals surface area contributed by atoms with E-state index in [1.54, 1.807) is 6.92 Å². The van der Waals surface area contributed by atoms with E-state index in [1.807, 2.05) is 30.3 Å². The molecular formula is C37H45NO3Si. The Bertz CT molecular complexity index is 1330. The summed E-state index contributed by atoms with van der Waals surface area (Å²) >= 11 is 0. The molecule has 4 rings (SSSR count). The van der Waals surface area contributed by atoms with Crippen molar-refractivity contribution in [3.63, 3.8) is 0 Å². The lowest BCUT2D eigenvalue weighted by Gasteiger charge is -2.43. The van der Waals surface area contributed by atoms with Crippen molar-refractivity contribution in [2.24, 2.45) is 5.92 Å². The summed E-state index contributed by atoms with van der Waals surface area (Å²) in [6.45, 7) is 11.9. The van der Waals surface area contributed by atoms with Crippen LogP contribution in [-0.2, 0) is 22.2 Å². The van der Waals surface area contributed by atoms with Crippen molar-refractivity contribution in [1.29, 1.82) is 0 Å². The lowest BCUT2D eigenvalue weighted by molar-refractivity contribution is -0.119. The molecule has 0 radical (unpaired) electrons. The van der Waals surface area contributed by atoms with Crippen molar-refractivity contribution in [2.75, 3.05) is 6.61 Å². The summed E-state index contributed by atoms with van der Waals surface area (Å²) in [6.07, 6.45) is 1.58. The average molecular weight is 580 g/mol. The molecule has 0 aliphatic heterocycles. The summed E-state index contributed by atoms with van der Waals surface area (Å²) in [6, 6.07) is 39.9. The van der Waals surface area contributed by atoms with Gasteiger partial charge in [-0.05, 0) is 57.4 Å². The molecule has 0 saturated heterocycles. The van der Waals surface area contributed by atoms with Gasteiger partial charge in [-0.15, -0.1) is 0 Å². The SMILES string of the molecule is CC(=O)N[C@@H](Cc1ccc(OCc2ccccc2)cc1)C[C@H](C)CO[Si](c1ccccc1)(c1ccccc1)C(C)(C)C. The Balaban J connectivity index is 1.45. The van der Waals surface area contributed by atoms with Crippen LogP contribution in [0.1, 0.15) is 52.2 Å². The van der Waals surface area contributed by atoms with Gasteiger partial charge < -0.3 is 14.5 Å². The zero-order valence-electron chi connectivity index (χ0n) is 25.7. The molecule has 0 bridgehead atoms. The molecule has 5 heteroatoms. The van der Waals surface area contributed by atoms with Gasteiger partial charge in [-0.25, -0.2) is 0 Å². The molecule has 4 aromatic rings. The largest absolute Gasteiger partial charge is 0.489 e. The van der Waals surface area contributed by atoms with Crippen molar-refractivity contribution >= 4 is 24.6 Å². The summed E-state index contributed by atoms with van der Waals surface area (Å²) in [5, 5.41) is 5.69. The molecule has 4 nitrogen and oxygen atoms in total. The number of carbonyl (C=O) groups excluding carboxylic acids is 1. The van der Waals surface area contributed by atoms with Crippen LogP contribution in [-0.4, -0.2) is 26.9 Å². The van der Waals surface area contributed by atoms with Crippen LogP contribution in [0.3, 0.4) is 0 Å². The van der Waals surface area contributed by atoms with Gasteiger partial charge in [0.25, 0.3) is 8.32 Å². The van der Waals surface area contributed by atoms with E-state index in [-0.39, 0.29) is 22.9 Å². The quantitative estimate of drug-likeness (QED) is 0.175. The number of nitrogens with one attached hydrogen (secondary N) is 1. The average Bonchev–Trinajstić information content (AvgIpc) is 2.98. The van der Waals surface area contributed by atoms with Crippen LogP contribution in [0.5, 0.6) is 5.75 Å². The minimum absolute atomic E-state index is 0.0105. The predicted octanol–water partition coefficient (Wildman–Crippen LogP) is 6.92. The fourth-order valence-corrected chi connectivity index (χ4v) is 10.5. The number of benzene rings is 4. The third kappa shape index (κ3) is 8.21. The summed E-state index contributed by atoms with van der Waals surface area (Å²) in [5.74, 6) is 1.07. The van der Waals surface area contributed by atoms with Crippen molar-refractivity contribution in [3.05, 3.63) is 126 Å². The first-order valence-electron chi connectivity index (χ1n) is 14.9. The van der Waals surface area contributed by atoms with Crippen molar-refractivity contribution in [3.8, 4) is 5.75 Å². The van der Waals surface area contributed by atoms with E-state index in [1.165, 1.54) is 15.9 Å². The molecule has 0 aliphatic carbocycles. The first kappa shape index (κ1) is 31.3. The van der Waals surface area contributed by atoms with Crippen LogP contribution in [0.15, 0.2) is 115 Å². The molecule has 0 spiro atoms. The van der Waals surface area contributed by atoms with Crippen LogP contribution in [0.4, 0.5) is 0 Å². The highest BCUT2D eigenvalue weighted by atomic mass is 28.4. The molecule has 0 aromatic heterocycles. The lowest BCUT2D eigenvalue weighted by Crippen LogP contribution is -2.66. The van der Waals surface area contributed by atoms with E-state index in [0.29, 0.717) is 13.2 Å². The number of carbonyl (C=O) groups is 1. The Morgan fingerprint density at radius 2 is 1.29 bits per heavy atom. The first-order valence-corrected chi connectivity index (χ1v) is 16.9. The Hall–Kier alpha value is -3.67. The Kier molecular flexibility index (Phi) is 10.8.